The first-order chi connectivity index (χ1) is 11.7. The molecule has 1 aliphatic rings. The van der Waals surface area contributed by atoms with Gasteiger partial charge in [-0.3, -0.25) is 0 Å². The van der Waals surface area contributed by atoms with Gasteiger partial charge in [-0.1, -0.05) is 39.7 Å². The van der Waals surface area contributed by atoms with E-state index in [2.05, 4.69) is 45.5 Å². The van der Waals surface area contributed by atoms with Crippen molar-refractivity contribution in [2.75, 3.05) is 26.4 Å². The van der Waals surface area contributed by atoms with E-state index in [1.165, 1.54) is 5.56 Å². The van der Waals surface area contributed by atoms with Gasteiger partial charge in [0.1, 0.15) is 12.4 Å². The van der Waals surface area contributed by atoms with Crippen LogP contribution in [0.5, 0.6) is 5.75 Å². The second-order valence-corrected chi connectivity index (χ2v) is 7.28. The fourth-order valence-corrected chi connectivity index (χ4v) is 3.44. The lowest BCUT2D eigenvalue weighted by Gasteiger charge is -2.39. The molecular formula is C19H21BrClNO2. The summed E-state index contributed by atoms with van der Waals surface area (Å²) in [4.78, 5) is 0. The van der Waals surface area contributed by atoms with Crippen LogP contribution in [-0.4, -0.2) is 26.4 Å². The van der Waals surface area contributed by atoms with Crippen molar-refractivity contribution in [3.05, 3.63) is 63.6 Å². The van der Waals surface area contributed by atoms with E-state index in [1.807, 2.05) is 24.3 Å². The fourth-order valence-electron chi connectivity index (χ4n) is 3.05. The Morgan fingerprint density at radius 3 is 2.38 bits per heavy atom. The van der Waals surface area contributed by atoms with E-state index >= 15 is 0 Å². The molecule has 0 amide bonds. The van der Waals surface area contributed by atoms with E-state index in [-0.39, 0.29) is 5.54 Å². The Balaban J connectivity index is 1.60. The zero-order valence-corrected chi connectivity index (χ0v) is 15.8. The summed E-state index contributed by atoms with van der Waals surface area (Å²) in [7, 11) is 0. The molecule has 5 heteroatoms. The van der Waals surface area contributed by atoms with Crippen LogP contribution in [0.15, 0.2) is 53.0 Å². The molecule has 0 aromatic heterocycles. The van der Waals surface area contributed by atoms with Crippen LogP contribution >= 0.6 is 27.5 Å². The van der Waals surface area contributed by atoms with Gasteiger partial charge in [-0.2, -0.15) is 0 Å². The highest BCUT2D eigenvalue weighted by molar-refractivity contribution is 9.10. The first kappa shape index (κ1) is 17.7. The molecule has 0 spiro atoms. The Bertz CT molecular complexity index is 639. The SMILES string of the molecule is Clc1ccc(OCCNC2(c3ccc(Br)cc3)CCOCC2)cc1. The van der Waals surface area contributed by atoms with Crippen LogP contribution < -0.4 is 10.1 Å². The van der Waals surface area contributed by atoms with Gasteiger partial charge in [-0.25, -0.2) is 0 Å². The van der Waals surface area contributed by atoms with Gasteiger partial charge >= 0.3 is 0 Å². The van der Waals surface area contributed by atoms with Gasteiger partial charge in [0, 0.05) is 34.8 Å². The molecule has 2 aromatic carbocycles. The van der Waals surface area contributed by atoms with Crippen molar-refractivity contribution in [2.45, 2.75) is 18.4 Å². The number of benzene rings is 2. The number of nitrogens with one attached hydrogen (secondary N) is 1. The average molecular weight is 411 g/mol. The second kappa shape index (κ2) is 8.34. The van der Waals surface area contributed by atoms with Crippen LogP contribution in [0, 0.1) is 0 Å². The van der Waals surface area contributed by atoms with Gasteiger partial charge in [-0.15, -0.1) is 0 Å². The molecule has 0 aliphatic carbocycles. The minimum absolute atomic E-state index is 0.0394. The van der Waals surface area contributed by atoms with Crippen molar-refractivity contribution >= 4 is 27.5 Å². The van der Waals surface area contributed by atoms with Crippen molar-refractivity contribution < 1.29 is 9.47 Å². The molecule has 1 saturated heterocycles. The molecule has 0 atom stereocenters. The predicted molar refractivity (Wildman–Crippen MR) is 101 cm³/mol. The topological polar surface area (TPSA) is 30.5 Å². The fraction of sp³-hybridized carbons (Fsp3) is 0.368. The zero-order chi connectivity index (χ0) is 16.8. The third-order valence-electron chi connectivity index (χ3n) is 4.39. The normalized spacial score (nSPS) is 16.8. The Hall–Kier alpha value is -1.07. The minimum Gasteiger partial charge on any atom is -0.492 e. The Kier molecular flexibility index (Phi) is 6.17. The number of halogens is 2. The highest BCUT2D eigenvalue weighted by atomic mass is 79.9. The molecule has 1 N–H and O–H groups in total. The Morgan fingerprint density at radius 1 is 1.04 bits per heavy atom. The van der Waals surface area contributed by atoms with E-state index < -0.39 is 0 Å². The van der Waals surface area contributed by atoms with Crippen LogP contribution in [0.3, 0.4) is 0 Å². The summed E-state index contributed by atoms with van der Waals surface area (Å²) in [5.74, 6) is 0.839. The number of ether oxygens (including phenoxy) is 2. The predicted octanol–water partition coefficient (Wildman–Crippen LogP) is 4.78. The smallest absolute Gasteiger partial charge is 0.119 e. The summed E-state index contributed by atoms with van der Waals surface area (Å²) in [6.45, 7) is 2.95. The number of hydrogen-bond acceptors (Lipinski definition) is 3. The average Bonchev–Trinajstić information content (AvgIpc) is 2.62. The highest BCUT2D eigenvalue weighted by Crippen LogP contribution is 2.32. The monoisotopic (exact) mass is 409 g/mol. The summed E-state index contributed by atoms with van der Waals surface area (Å²) in [5, 5.41) is 4.43. The van der Waals surface area contributed by atoms with E-state index in [9.17, 15) is 0 Å². The summed E-state index contributed by atoms with van der Waals surface area (Å²) >= 11 is 9.40. The lowest BCUT2D eigenvalue weighted by molar-refractivity contribution is 0.0352. The number of rotatable bonds is 6. The largest absolute Gasteiger partial charge is 0.492 e. The van der Waals surface area contributed by atoms with Crippen LogP contribution in [0.4, 0.5) is 0 Å². The maximum atomic E-state index is 5.89. The van der Waals surface area contributed by atoms with E-state index in [1.54, 1.807) is 0 Å². The highest BCUT2D eigenvalue weighted by Gasteiger charge is 2.33. The molecule has 3 nitrogen and oxygen atoms in total. The van der Waals surface area contributed by atoms with Gasteiger partial charge in [-0.05, 0) is 54.8 Å². The Morgan fingerprint density at radius 2 is 1.71 bits per heavy atom. The van der Waals surface area contributed by atoms with Gasteiger partial charge in [0.15, 0.2) is 0 Å². The molecule has 0 saturated carbocycles. The molecule has 24 heavy (non-hydrogen) atoms. The van der Waals surface area contributed by atoms with Crippen molar-refractivity contribution in [3.8, 4) is 5.75 Å². The summed E-state index contributed by atoms with van der Waals surface area (Å²) in [6.07, 6.45) is 1.94. The van der Waals surface area contributed by atoms with E-state index in [0.29, 0.717) is 6.61 Å². The third kappa shape index (κ3) is 4.51. The maximum Gasteiger partial charge on any atom is 0.119 e. The lowest BCUT2D eigenvalue weighted by atomic mass is 9.82. The molecule has 2 aromatic rings. The van der Waals surface area contributed by atoms with Gasteiger partial charge < -0.3 is 14.8 Å². The van der Waals surface area contributed by atoms with E-state index in [0.717, 1.165) is 47.8 Å². The van der Waals surface area contributed by atoms with Crippen molar-refractivity contribution in [1.82, 2.24) is 5.32 Å². The summed E-state index contributed by atoms with van der Waals surface area (Å²) in [6, 6.07) is 16.0. The standard InChI is InChI=1S/C19H21BrClNO2/c20-16-3-1-15(2-4-16)19(9-12-23-13-10-19)22-11-14-24-18-7-5-17(21)6-8-18/h1-8,22H,9-14H2. The van der Waals surface area contributed by atoms with Gasteiger partial charge in [0.25, 0.3) is 0 Å². The zero-order valence-electron chi connectivity index (χ0n) is 13.4. The van der Waals surface area contributed by atoms with Crippen LogP contribution in [-0.2, 0) is 10.3 Å². The molecule has 1 fully saturated rings. The molecule has 128 valence electrons. The molecule has 0 unspecified atom stereocenters. The molecule has 1 heterocycles. The van der Waals surface area contributed by atoms with E-state index in [4.69, 9.17) is 21.1 Å². The molecule has 3 rings (SSSR count). The van der Waals surface area contributed by atoms with Gasteiger partial charge in [0.2, 0.25) is 0 Å². The van der Waals surface area contributed by atoms with Crippen molar-refractivity contribution in [2.24, 2.45) is 0 Å². The minimum atomic E-state index is -0.0394. The van der Waals surface area contributed by atoms with Crippen LogP contribution in [0.25, 0.3) is 0 Å². The van der Waals surface area contributed by atoms with Crippen LogP contribution in [0.2, 0.25) is 5.02 Å². The molecule has 0 radical (unpaired) electrons. The van der Waals surface area contributed by atoms with Gasteiger partial charge in [0.05, 0.1) is 0 Å². The third-order valence-corrected chi connectivity index (χ3v) is 5.17. The summed E-state index contributed by atoms with van der Waals surface area (Å²) in [5.41, 5.74) is 1.27. The first-order valence-electron chi connectivity index (χ1n) is 8.15. The van der Waals surface area contributed by atoms with Crippen molar-refractivity contribution in [1.29, 1.82) is 0 Å². The second-order valence-electron chi connectivity index (χ2n) is 5.93. The molecule has 0 bridgehead atoms. The Labute approximate surface area is 156 Å². The molecular weight excluding hydrogens is 390 g/mol. The molecule has 1 aliphatic heterocycles. The summed E-state index contributed by atoms with van der Waals surface area (Å²) < 4.78 is 12.5. The number of hydrogen-bond donors (Lipinski definition) is 1. The maximum absolute atomic E-state index is 5.89. The van der Waals surface area contributed by atoms with Crippen LogP contribution in [0.1, 0.15) is 18.4 Å². The van der Waals surface area contributed by atoms with Crippen molar-refractivity contribution in [3.63, 3.8) is 0 Å². The first-order valence-corrected chi connectivity index (χ1v) is 9.32. The quantitative estimate of drug-likeness (QED) is 0.695. The lowest BCUT2D eigenvalue weighted by Crippen LogP contribution is -2.48.